The zero-order chi connectivity index (χ0) is 7.72. The maximum absolute atomic E-state index is 4.22. The average Bonchev–Trinajstić information content (AvgIpc) is 2.14. The molecule has 1 rings (SSSR count). The van der Waals surface area contributed by atoms with Gasteiger partial charge < -0.3 is 0 Å². The first-order chi connectivity index (χ1) is 4.63. The SMILES string of the molecule is Cc1cnn(C(C)C)c1I. The normalized spacial score (nSPS) is 10.9. The Hall–Kier alpha value is -0.0600. The van der Waals surface area contributed by atoms with Crippen LogP contribution in [0.4, 0.5) is 0 Å². The van der Waals surface area contributed by atoms with E-state index < -0.39 is 0 Å². The summed E-state index contributed by atoms with van der Waals surface area (Å²) in [5, 5.41) is 4.22. The van der Waals surface area contributed by atoms with E-state index in [9.17, 15) is 0 Å². The van der Waals surface area contributed by atoms with Gasteiger partial charge in [0.05, 0.1) is 6.20 Å². The molecule has 1 aromatic rings. The minimum Gasteiger partial charge on any atom is -0.257 e. The van der Waals surface area contributed by atoms with Crippen LogP contribution in [-0.2, 0) is 0 Å². The number of nitrogens with zero attached hydrogens (tertiary/aromatic N) is 2. The van der Waals surface area contributed by atoms with Crippen molar-refractivity contribution in [2.75, 3.05) is 0 Å². The summed E-state index contributed by atoms with van der Waals surface area (Å²) in [5.74, 6) is 0. The second kappa shape index (κ2) is 2.90. The van der Waals surface area contributed by atoms with Gasteiger partial charge in [0, 0.05) is 11.6 Å². The lowest BCUT2D eigenvalue weighted by atomic mass is 10.4. The van der Waals surface area contributed by atoms with Crippen LogP contribution in [0.5, 0.6) is 0 Å². The molecule has 0 aliphatic rings. The van der Waals surface area contributed by atoms with Gasteiger partial charge in [-0.2, -0.15) is 5.10 Å². The fourth-order valence-electron chi connectivity index (χ4n) is 0.793. The highest BCUT2D eigenvalue weighted by atomic mass is 127. The summed E-state index contributed by atoms with van der Waals surface area (Å²) < 4.78 is 3.27. The summed E-state index contributed by atoms with van der Waals surface area (Å²) in [6, 6.07) is 0.473. The number of aryl methyl sites for hydroxylation is 1. The quantitative estimate of drug-likeness (QED) is 0.699. The molecule has 10 heavy (non-hydrogen) atoms. The second-order valence-corrected chi connectivity index (χ2v) is 3.68. The molecule has 0 saturated heterocycles. The van der Waals surface area contributed by atoms with Gasteiger partial charge in [0.15, 0.2) is 0 Å². The van der Waals surface area contributed by atoms with Crippen molar-refractivity contribution in [3.63, 3.8) is 0 Å². The first kappa shape index (κ1) is 8.04. The molecule has 3 heteroatoms. The third-order valence-electron chi connectivity index (χ3n) is 1.39. The molecule has 0 N–H and O–H groups in total. The highest BCUT2D eigenvalue weighted by molar-refractivity contribution is 14.1. The fourth-order valence-corrected chi connectivity index (χ4v) is 1.61. The molecule has 0 saturated carbocycles. The van der Waals surface area contributed by atoms with Gasteiger partial charge in [-0.05, 0) is 43.4 Å². The van der Waals surface area contributed by atoms with E-state index in [0.29, 0.717) is 6.04 Å². The molecule has 0 aromatic carbocycles. The lowest BCUT2D eigenvalue weighted by molar-refractivity contribution is 0.520. The Kier molecular flexibility index (Phi) is 2.33. The van der Waals surface area contributed by atoms with Crippen molar-refractivity contribution in [1.82, 2.24) is 9.78 Å². The summed E-state index contributed by atoms with van der Waals surface area (Å²) in [6.45, 7) is 6.34. The van der Waals surface area contributed by atoms with E-state index in [4.69, 9.17) is 0 Å². The van der Waals surface area contributed by atoms with Crippen molar-refractivity contribution in [2.45, 2.75) is 26.8 Å². The van der Waals surface area contributed by atoms with Crippen LogP contribution in [0.2, 0.25) is 0 Å². The molecule has 1 aromatic heterocycles. The smallest absolute Gasteiger partial charge is 0.102 e. The van der Waals surface area contributed by atoms with Crippen LogP contribution in [0.3, 0.4) is 0 Å². The fraction of sp³-hybridized carbons (Fsp3) is 0.571. The molecular formula is C7H11IN2. The topological polar surface area (TPSA) is 17.8 Å². The molecule has 0 fully saturated rings. The first-order valence-corrected chi connectivity index (χ1v) is 4.40. The molecule has 0 bridgehead atoms. The highest BCUT2D eigenvalue weighted by Gasteiger charge is 2.05. The maximum atomic E-state index is 4.22. The number of aromatic nitrogens is 2. The van der Waals surface area contributed by atoms with Gasteiger partial charge in [0.2, 0.25) is 0 Å². The van der Waals surface area contributed by atoms with Crippen molar-refractivity contribution in [1.29, 1.82) is 0 Å². The van der Waals surface area contributed by atoms with Crippen LogP contribution in [0.25, 0.3) is 0 Å². The summed E-state index contributed by atoms with van der Waals surface area (Å²) in [7, 11) is 0. The van der Waals surface area contributed by atoms with E-state index in [0.717, 1.165) is 0 Å². The number of hydrogen-bond acceptors (Lipinski definition) is 1. The Morgan fingerprint density at radius 3 is 2.40 bits per heavy atom. The molecule has 2 nitrogen and oxygen atoms in total. The predicted octanol–water partition coefficient (Wildman–Crippen LogP) is 2.38. The minimum absolute atomic E-state index is 0.473. The summed E-state index contributed by atoms with van der Waals surface area (Å²) in [5.41, 5.74) is 1.26. The Morgan fingerprint density at radius 2 is 2.20 bits per heavy atom. The van der Waals surface area contributed by atoms with E-state index in [1.165, 1.54) is 9.26 Å². The monoisotopic (exact) mass is 250 g/mol. The first-order valence-electron chi connectivity index (χ1n) is 3.32. The van der Waals surface area contributed by atoms with Crippen LogP contribution in [0, 0.1) is 10.6 Å². The van der Waals surface area contributed by atoms with Gasteiger partial charge >= 0.3 is 0 Å². The van der Waals surface area contributed by atoms with E-state index in [1.807, 2.05) is 10.9 Å². The Morgan fingerprint density at radius 1 is 1.60 bits per heavy atom. The highest BCUT2D eigenvalue weighted by Crippen LogP contribution is 2.14. The van der Waals surface area contributed by atoms with Crippen molar-refractivity contribution in [2.24, 2.45) is 0 Å². The van der Waals surface area contributed by atoms with Crippen LogP contribution in [-0.4, -0.2) is 9.78 Å². The van der Waals surface area contributed by atoms with Crippen LogP contribution >= 0.6 is 22.6 Å². The van der Waals surface area contributed by atoms with Crippen LogP contribution < -0.4 is 0 Å². The van der Waals surface area contributed by atoms with Crippen molar-refractivity contribution in [3.8, 4) is 0 Å². The molecule has 56 valence electrons. The zero-order valence-electron chi connectivity index (χ0n) is 6.43. The third-order valence-corrected chi connectivity index (χ3v) is 2.74. The van der Waals surface area contributed by atoms with E-state index in [2.05, 4.69) is 48.5 Å². The Balaban J connectivity index is 3.05. The van der Waals surface area contributed by atoms with E-state index in [1.54, 1.807) is 0 Å². The molecule has 0 radical (unpaired) electrons. The van der Waals surface area contributed by atoms with Crippen molar-refractivity contribution >= 4 is 22.6 Å². The number of halogens is 1. The largest absolute Gasteiger partial charge is 0.257 e. The summed E-state index contributed by atoms with van der Waals surface area (Å²) >= 11 is 2.32. The van der Waals surface area contributed by atoms with Gasteiger partial charge in [-0.3, -0.25) is 4.68 Å². The van der Waals surface area contributed by atoms with Gasteiger partial charge in [0.1, 0.15) is 3.70 Å². The predicted molar refractivity (Wildman–Crippen MR) is 50.1 cm³/mol. The second-order valence-electron chi connectivity index (χ2n) is 2.66. The van der Waals surface area contributed by atoms with E-state index in [-0.39, 0.29) is 0 Å². The molecule has 0 amide bonds. The maximum Gasteiger partial charge on any atom is 0.102 e. The molecular weight excluding hydrogens is 239 g/mol. The zero-order valence-corrected chi connectivity index (χ0v) is 8.58. The molecule has 0 aliphatic heterocycles. The molecule has 0 atom stereocenters. The van der Waals surface area contributed by atoms with Gasteiger partial charge in [-0.25, -0.2) is 0 Å². The van der Waals surface area contributed by atoms with Crippen molar-refractivity contribution in [3.05, 3.63) is 15.5 Å². The average molecular weight is 250 g/mol. The molecule has 0 spiro atoms. The Labute approximate surface area is 74.8 Å². The molecule has 1 heterocycles. The van der Waals surface area contributed by atoms with Crippen LogP contribution in [0.1, 0.15) is 25.5 Å². The minimum atomic E-state index is 0.473. The lowest BCUT2D eigenvalue weighted by Crippen LogP contribution is -2.04. The molecule has 0 unspecified atom stereocenters. The van der Waals surface area contributed by atoms with Gasteiger partial charge in [-0.15, -0.1) is 0 Å². The standard InChI is InChI=1S/C7H11IN2/c1-5(2)10-7(8)6(3)4-9-10/h4-5H,1-3H3. The summed E-state index contributed by atoms with van der Waals surface area (Å²) in [4.78, 5) is 0. The lowest BCUT2D eigenvalue weighted by Gasteiger charge is -2.05. The number of hydrogen-bond donors (Lipinski definition) is 0. The van der Waals surface area contributed by atoms with Gasteiger partial charge in [0.25, 0.3) is 0 Å². The van der Waals surface area contributed by atoms with Gasteiger partial charge in [-0.1, -0.05) is 0 Å². The molecule has 0 aliphatic carbocycles. The summed E-state index contributed by atoms with van der Waals surface area (Å²) in [6.07, 6.45) is 1.90. The number of rotatable bonds is 1. The third kappa shape index (κ3) is 1.33. The van der Waals surface area contributed by atoms with Crippen LogP contribution in [0.15, 0.2) is 6.20 Å². The van der Waals surface area contributed by atoms with Crippen molar-refractivity contribution < 1.29 is 0 Å². The van der Waals surface area contributed by atoms with E-state index >= 15 is 0 Å². The Bertz CT molecular complexity index is 228.